The molecule has 2 aliphatic rings. The summed E-state index contributed by atoms with van der Waals surface area (Å²) in [4.78, 5) is 40.0. The summed E-state index contributed by atoms with van der Waals surface area (Å²) in [5.74, 6) is -3.15. The fraction of sp³-hybridized carbons (Fsp3) is 0.842. The lowest BCUT2D eigenvalue weighted by Gasteiger charge is -2.48. The molecular formula is C19H29Cl2FN3O4-. The maximum absolute atomic E-state index is 14.8. The van der Waals surface area contributed by atoms with Gasteiger partial charge in [0, 0.05) is 56.3 Å². The number of carboxylic acid groups (broad SMARTS) is 1. The number of hydrogen-bond donors (Lipinski definition) is 1. The van der Waals surface area contributed by atoms with Gasteiger partial charge in [-0.25, -0.2) is 4.39 Å². The summed E-state index contributed by atoms with van der Waals surface area (Å²) in [6, 6.07) is -0.969. The van der Waals surface area contributed by atoms with Gasteiger partial charge in [0.15, 0.2) is 0 Å². The van der Waals surface area contributed by atoms with Crippen LogP contribution in [0.1, 0.15) is 26.2 Å². The van der Waals surface area contributed by atoms with E-state index in [0.29, 0.717) is 37.9 Å². The number of rotatable bonds is 10. The highest BCUT2D eigenvalue weighted by molar-refractivity contribution is 6.18. The number of carbonyl (C=O) groups excluding carboxylic acids is 3. The summed E-state index contributed by atoms with van der Waals surface area (Å²) in [6.07, 6.45) is -0.998. The number of halogens is 3. The van der Waals surface area contributed by atoms with Crippen LogP contribution in [0.15, 0.2) is 0 Å². The van der Waals surface area contributed by atoms with Crippen molar-refractivity contribution in [1.82, 2.24) is 15.1 Å². The largest absolute Gasteiger partial charge is 0.549 e. The number of ketones is 1. The Morgan fingerprint density at radius 1 is 1.24 bits per heavy atom. The third-order valence-corrected chi connectivity index (χ3v) is 6.30. The van der Waals surface area contributed by atoms with E-state index in [1.54, 1.807) is 0 Å². The smallest absolute Gasteiger partial charge is 0.221 e. The number of fused-ring (bicyclic) bond motifs is 1. The van der Waals surface area contributed by atoms with Gasteiger partial charge in [-0.05, 0) is 19.4 Å². The number of carbonyl (C=O) groups is 3. The van der Waals surface area contributed by atoms with Crippen LogP contribution >= 0.6 is 23.2 Å². The number of amides is 1. The number of carboxylic acids is 1. The zero-order chi connectivity index (χ0) is 21.6. The summed E-state index contributed by atoms with van der Waals surface area (Å²) >= 11 is 11.5. The molecule has 29 heavy (non-hydrogen) atoms. The molecular weight excluding hydrogens is 424 g/mol. The molecule has 2 fully saturated rings. The normalized spacial score (nSPS) is 30.2. The fourth-order valence-electron chi connectivity index (χ4n) is 4.38. The van der Waals surface area contributed by atoms with E-state index in [0.717, 1.165) is 0 Å². The van der Waals surface area contributed by atoms with E-state index in [2.05, 4.69) is 5.32 Å². The standard InChI is InChI=1S/C19H30Cl2FN3O4/c1-2-25-11-13(19(28)29)18(27)12-9-14(22)15(10-16(12)25)23-17(26)3-6-24(7-4-20)8-5-21/h12-16H,2-11H2,1H3,(H,23,26)(H,28,29)/p-1. The molecule has 10 heteroatoms. The van der Waals surface area contributed by atoms with E-state index in [1.165, 1.54) is 0 Å². The van der Waals surface area contributed by atoms with Gasteiger partial charge in [0.1, 0.15) is 12.0 Å². The average Bonchev–Trinajstić information content (AvgIpc) is 2.68. The second-order valence-corrected chi connectivity index (χ2v) is 8.42. The molecule has 1 heterocycles. The minimum absolute atomic E-state index is 0.0717. The first-order chi connectivity index (χ1) is 13.8. The Morgan fingerprint density at radius 3 is 2.45 bits per heavy atom. The zero-order valence-corrected chi connectivity index (χ0v) is 18.1. The number of likely N-dealkylation sites (tertiary alicyclic amines) is 1. The Hall–Kier alpha value is -0.960. The topological polar surface area (TPSA) is 92.8 Å². The summed E-state index contributed by atoms with van der Waals surface area (Å²) in [5.41, 5.74) is 0. The number of hydrogen-bond acceptors (Lipinski definition) is 6. The SMILES string of the molecule is CCN1CC(C(=O)[O-])C(=O)C2CC(F)C(NC(=O)CCN(CCCl)CCCl)CC21. The summed E-state index contributed by atoms with van der Waals surface area (Å²) in [7, 11) is 0. The quantitative estimate of drug-likeness (QED) is 0.371. The van der Waals surface area contributed by atoms with E-state index in [1.807, 2.05) is 16.7 Å². The van der Waals surface area contributed by atoms with Gasteiger partial charge in [0.25, 0.3) is 0 Å². The van der Waals surface area contributed by atoms with Crippen LogP contribution in [0.4, 0.5) is 4.39 Å². The van der Waals surface area contributed by atoms with Crippen molar-refractivity contribution < 1.29 is 23.9 Å². The van der Waals surface area contributed by atoms with Gasteiger partial charge in [-0.2, -0.15) is 0 Å². The molecule has 1 saturated carbocycles. The molecule has 2 rings (SSSR count). The summed E-state index contributed by atoms with van der Waals surface area (Å²) in [5, 5.41) is 14.0. The zero-order valence-electron chi connectivity index (χ0n) is 16.6. The van der Waals surface area contributed by atoms with Gasteiger partial charge in [-0.1, -0.05) is 6.92 Å². The lowest BCUT2D eigenvalue weighted by atomic mass is 9.71. The lowest BCUT2D eigenvalue weighted by molar-refractivity contribution is -0.311. The predicted octanol–water partition coefficient (Wildman–Crippen LogP) is 0.0283. The van der Waals surface area contributed by atoms with Gasteiger partial charge in [-0.3, -0.25) is 14.5 Å². The van der Waals surface area contributed by atoms with E-state index >= 15 is 0 Å². The Balaban J connectivity index is 1.96. The Bertz CT molecular complexity index is 592. The molecule has 0 aromatic carbocycles. The van der Waals surface area contributed by atoms with Crippen molar-refractivity contribution in [2.75, 3.05) is 44.5 Å². The van der Waals surface area contributed by atoms with Crippen molar-refractivity contribution in [3.05, 3.63) is 0 Å². The van der Waals surface area contributed by atoms with Crippen LogP contribution in [0.2, 0.25) is 0 Å². The predicted molar refractivity (Wildman–Crippen MR) is 107 cm³/mol. The van der Waals surface area contributed by atoms with Crippen LogP contribution in [0.25, 0.3) is 0 Å². The minimum Gasteiger partial charge on any atom is -0.549 e. The van der Waals surface area contributed by atoms with Gasteiger partial charge in [0.2, 0.25) is 5.91 Å². The molecule has 1 aliphatic heterocycles. The van der Waals surface area contributed by atoms with Crippen molar-refractivity contribution in [2.45, 2.75) is 44.4 Å². The van der Waals surface area contributed by atoms with E-state index in [-0.39, 0.29) is 37.8 Å². The number of aliphatic carboxylic acids is 1. The second kappa shape index (κ2) is 11.4. The fourth-order valence-corrected chi connectivity index (χ4v) is 4.86. The Morgan fingerprint density at radius 2 is 1.90 bits per heavy atom. The highest BCUT2D eigenvalue weighted by Gasteiger charge is 2.48. The van der Waals surface area contributed by atoms with Crippen LogP contribution in [-0.4, -0.2) is 90.2 Å². The maximum atomic E-state index is 14.8. The van der Waals surface area contributed by atoms with Crippen molar-refractivity contribution in [3.8, 4) is 0 Å². The molecule has 1 N–H and O–H groups in total. The highest BCUT2D eigenvalue weighted by Crippen LogP contribution is 2.36. The van der Waals surface area contributed by atoms with Crippen molar-refractivity contribution in [2.24, 2.45) is 11.8 Å². The monoisotopic (exact) mass is 452 g/mol. The van der Waals surface area contributed by atoms with Gasteiger partial charge < -0.3 is 20.1 Å². The Kier molecular flexibility index (Phi) is 9.59. The minimum atomic E-state index is -1.41. The van der Waals surface area contributed by atoms with Gasteiger partial charge >= 0.3 is 0 Å². The number of nitrogens with zero attached hydrogens (tertiary/aromatic N) is 2. The maximum Gasteiger partial charge on any atom is 0.221 e. The highest BCUT2D eigenvalue weighted by atomic mass is 35.5. The first-order valence-electron chi connectivity index (χ1n) is 10.1. The third kappa shape index (κ3) is 6.26. The van der Waals surface area contributed by atoms with E-state index in [4.69, 9.17) is 23.2 Å². The first kappa shape index (κ1) is 24.3. The molecule has 5 unspecified atom stereocenters. The molecule has 1 amide bonds. The van der Waals surface area contributed by atoms with Crippen LogP contribution in [0.5, 0.6) is 0 Å². The molecule has 0 spiro atoms. The molecule has 0 bridgehead atoms. The number of piperidine rings is 1. The van der Waals surface area contributed by atoms with Crippen LogP contribution in [0, 0.1) is 11.8 Å². The van der Waals surface area contributed by atoms with Crippen LogP contribution < -0.4 is 10.4 Å². The van der Waals surface area contributed by atoms with Gasteiger partial charge in [-0.15, -0.1) is 23.2 Å². The molecule has 7 nitrogen and oxygen atoms in total. The summed E-state index contributed by atoms with van der Waals surface area (Å²) in [6.45, 7) is 4.20. The first-order valence-corrected chi connectivity index (χ1v) is 11.2. The second-order valence-electron chi connectivity index (χ2n) is 7.67. The van der Waals surface area contributed by atoms with E-state index in [9.17, 15) is 23.9 Å². The van der Waals surface area contributed by atoms with Crippen molar-refractivity contribution >= 4 is 40.9 Å². The molecule has 0 aromatic rings. The van der Waals surface area contributed by atoms with Crippen molar-refractivity contribution in [3.63, 3.8) is 0 Å². The molecule has 5 atom stereocenters. The Labute approximate surface area is 180 Å². The number of Topliss-reactive ketones (excluding diaryl/α,β-unsaturated/α-hetero) is 1. The van der Waals surface area contributed by atoms with E-state index < -0.39 is 35.8 Å². The molecule has 0 aromatic heterocycles. The number of alkyl halides is 3. The average molecular weight is 453 g/mol. The molecule has 166 valence electrons. The van der Waals surface area contributed by atoms with Crippen LogP contribution in [-0.2, 0) is 14.4 Å². The third-order valence-electron chi connectivity index (χ3n) is 5.96. The van der Waals surface area contributed by atoms with Crippen molar-refractivity contribution in [1.29, 1.82) is 0 Å². The van der Waals surface area contributed by atoms with Crippen LogP contribution in [0.3, 0.4) is 0 Å². The molecule has 1 saturated heterocycles. The molecule has 0 radical (unpaired) electrons. The lowest BCUT2D eigenvalue weighted by Crippen LogP contribution is -2.63. The molecule has 1 aliphatic carbocycles. The van der Waals surface area contributed by atoms with Gasteiger partial charge in [0.05, 0.1) is 17.9 Å². The number of nitrogens with one attached hydrogen (secondary N) is 1. The summed E-state index contributed by atoms with van der Waals surface area (Å²) < 4.78 is 14.8.